The van der Waals surface area contributed by atoms with Crippen LogP contribution in [0, 0.1) is 0 Å². The van der Waals surface area contributed by atoms with E-state index in [1.165, 1.54) is 5.56 Å². The Labute approximate surface area is 199 Å². The number of carboxylic acids is 1. The van der Waals surface area contributed by atoms with Crippen LogP contribution in [0.1, 0.15) is 29.5 Å². The van der Waals surface area contributed by atoms with Gasteiger partial charge in [0.25, 0.3) is 0 Å². The van der Waals surface area contributed by atoms with Crippen molar-refractivity contribution >= 4 is 23.3 Å². The number of hydrogen-bond donors (Lipinski definition) is 2. The van der Waals surface area contributed by atoms with E-state index < -0.39 is 5.97 Å². The number of aliphatic imine (C=N–C) groups is 1. The van der Waals surface area contributed by atoms with Crippen LogP contribution in [-0.4, -0.2) is 40.2 Å². The number of carbonyl (C=O) groups is 2. The number of amides is 1. The molecule has 172 valence electrons. The van der Waals surface area contributed by atoms with Gasteiger partial charge in [-0.3, -0.25) is 9.69 Å². The molecule has 2 N–H and O–H groups in total. The largest absolute Gasteiger partial charge is 0.477 e. The molecule has 0 aliphatic carbocycles. The molecule has 1 aliphatic rings. The van der Waals surface area contributed by atoms with E-state index in [1.807, 2.05) is 72.8 Å². The lowest BCUT2D eigenvalue weighted by Gasteiger charge is -2.24. The molecule has 1 amide bonds. The van der Waals surface area contributed by atoms with Crippen LogP contribution >= 0.6 is 0 Å². The molecule has 0 spiro atoms. The van der Waals surface area contributed by atoms with Gasteiger partial charge in [0.2, 0.25) is 5.91 Å². The molecule has 4 rings (SSSR count). The van der Waals surface area contributed by atoms with E-state index in [9.17, 15) is 14.7 Å². The van der Waals surface area contributed by atoms with Gasteiger partial charge in [0.1, 0.15) is 5.70 Å². The Morgan fingerprint density at radius 1 is 0.971 bits per heavy atom. The number of hydrogen-bond acceptors (Lipinski definition) is 4. The summed E-state index contributed by atoms with van der Waals surface area (Å²) < 4.78 is 0. The molecule has 1 saturated heterocycles. The first-order chi connectivity index (χ1) is 16.5. The van der Waals surface area contributed by atoms with Crippen LogP contribution in [0.15, 0.2) is 102 Å². The zero-order chi connectivity index (χ0) is 23.9. The van der Waals surface area contributed by atoms with E-state index in [2.05, 4.69) is 33.9 Å². The summed E-state index contributed by atoms with van der Waals surface area (Å²) in [6.07, 6.45) is 1.75. The third-order valence-electron chi connectivity index (χ3n) is 5.88. The van der Waals surface area contributed by atoms with Crippen molar-refractivity contribution in [3.8, 4) is 0 Å². The fourth-order valence-electron chi connectivity index (χ4n) is 4.20. The molecule has 0 aromatic heterocycles. The Bertz CT molecular complexity index is 1210. The van der Waals surface area contributed by atoms with E-state index in [0.29, 0.717) is 17.0 Å². The number of carboxylic acid groups (broad SMARTS) is 1. The van der Waals surface area contributed by atoms with Crippen molar-refractivity contribution in [3.05, 3.63) is 114 Å². The number of nitrogens with zero attached hydrogens (tertiary/aromatic N) is 2. The van der Waals surface area contributed by atoms with E-state index >= 15 is 0 Å². The van der Waals surface area contributed by atoms with Crippen LogP contribution in [0.3, 0.4) is 0 Å². The maximum Gasteiger partial charge on any atom is 0.353 e. The second kappa shape index (κ2) is 10.7. The van der Waals surface area contributed by atoms with Gasteiger partial charge in [-0.1, -0.05) is 85.4 Å². The van der Waals surface area contributed by atoms with E-state index in [0.717, 1.165) is 31.5 Å². The summed E-state index contributed by atoms with van der Waals surface area (Å²) >= 11 is 0. The minimum Gasteiger partial charge on any atom is -0.477 e. The van der Waals surface area contributed by atoms with Crippen LogP contribution in [0.5, 0.6) is 0 Å². The third-order valence-corrected chi connectivity index (χ3v) is 5.88. The number of anilines is 1. The lowest BCUT2D eigenvalue weighted by molar-refractivity contribution is -0.132. The van der Waals surface area contributed by atoms with Gasteiger partial charge in [-0.25, -0.2) is 9.79 Å². The maximum atomic E-state index is 13.4. The van der Waals surface area contributed by atoms with Crippen molar-refractivity contribution in [2.24, 2.45) is 4.99 Å². The highest BCUT2D eigenvalue weighted by Crippen LogP contribution is 2.25. The first kappa shape index (κ1) is 23.1. The minimum absolute atomic E-state index is 0.0784. The highest BCUT2D eigenvalue weighted by molar-refractivity contribution is 6.18. The molecule has 1 heterocycles. The molecule has 0 unspecified atom stereocenters. The number of para-hydroxylation sites is 1. The van der Waals surface area contributed by atoms with Gasteiger partial charge in [-0.15, -0.1) is 0 Å². The number of carbonyl (C=O) groups excluding carboxylic acids is 1. The van der Waals surface area contributed by atoms with E-state index in [4.69, 9.17) is 0 Å². The lowest BCUT2D eigenvalue weighted by atomic mass is 10.00. The van der Waals surface area contributed by atoms with Crippen LogP contribution < -0.4 is 5.32 Å². The first-order valence-corrected chi connectivity index (χ1v) is 11.3. The van der Waals surface area contributed by atoms with E-state index in [-0.39, 0.29) is 17.6 Å². The van der Waals surface area contributed by atoms with Crippen molar-refractivity contribution in [1.29, 1.82) is 0 Å². The van der Waals surface area contributed by atoms with Crippen LogP contribution in [0.4, 0.5) is 5.69 Å². The SMILES string of the molecule is C=C(N=C(c1ccccc1)c1ccccc1NC(=O)[C@H]1CCCN1Cc1ccccc1)C(=O)O. The van der Waals surface area contributed by atoms with Gasteiger partial charge < -0.3 is 10.4 Å². The summed E-state index contributed by atoms with van der Waals surface area (Å²) in [6.45, 7) is 5.15. The molecular formula is C28H27N3O3. The Morgan fingerprint density at radius 3 is 2.32 bits per heavy atom. The zero-order valence-electron chi connectivity index (χ0n) is 18.9. The molecule has 3 aromatic rings. The Morgan fingerprint density at radius 2 is 1.62 bits per heavy atom. The van der Waals surface area contributed by atoms with Gasteiger partial charge in [0, 0.05) is 17.7 Å². The van der Waals surface area contributed by atoms with Gasteiger partial charge in [0.15, 0.2) is 0 Å². The molecule has 34 heavy (non-hydrogen) atoms. The Balaban J connectivity index is 1.61. The van der Waals surface area contributed by atoms with Gasteiger partial charge in [-0.2, -0.15) is 0 Å². The summed E-state index contributed by atoms with van der Waals surface area (Å²) in [5.74, 6) is -1.28. The van der Waals surface area contributed by atoms with Crippen molar-refractivity contribution in [2.75, 3.05) is 11.9 Å². The number of likely N-dealkylation sites (tertiary alicyclic amines) is 1. The molecule has 1 fully saturated rings. The number of nitrogens with one attached hydrogen (secondary N) is 1. The fraction of sp³-hybridized carbons (Fsp3) is 0.179. The van der Waals surface area contributed by atoms with Gasteiger partial charge in [-0.05, 0) is 31.0 Å². The maximum absolute atomic E-state index is 13.4. The zero-order valence-corrected chi connectivity index (χ0v) is 18.9. The molecule has 6 nitrogen and oxygen atoms in total. The standard InChI is InChI=1S/C28H27N3O3/c1-20(28(33)34)29-26(22-13-6-3-7-14-22)23-15-8-9-16-24(23)30-27(32)25-17-10-18-31(25)19-21-11-4-2-5-12-21/h2-9,11-16,25H,1,10,17-19H2,(H,30,32)(H,33,34)/t25-/m1/s1. The Hall–Kier alpha value is -4.03. The molecule has 1 aliphatic heterocycles. The molecule has 0 bridgehead atoms. The molecule has 1 atom stereocenters. The molecule has 0 radical (unpaired) electrons. The topological polar surface area (TPSA) is 82.0 Å². The van der Waals surface area contributed by atoms with Crippen molar-refractivity contribution in [2.45, 2.75) is 25.4 Å². The van der Waals surface area contributed by atoms with Gasteiger partial charge >= 0.3 is 5.97 Å². The third kappa shape index (κ3) is 5.47. The minimum atomic E-state index is -1.20. The number of aliphatic carboxylic acids is 1. The van der Waals surface area contributed by atoms with E-state index in [1.54, 1.807) is 0 Å². The molecule has 3 aromatic carbocycles. The van der Waals surface area contributed by atoms with Crippen molar-refractivity contribution in [3.63, 3.8) is 0 Å². The second-order valence-electron chi connectivity index (χ2n) is 8.23. The fourth-order valence-corrected chi connectivity index (χ4v) is 4.20. The second-order valence-corrected chi connectivity index (χ2v) is 8.23. The molecule has 0 saturated carbocycles. The molecular weight excluding hydrogens is 426 g/mol. The number of benzene rings is 3. The average Bonchev–Trinajstić information content (AvgIpc) is 3.32. The summed E-state index contributed by atoms with van der Waals surface area (Å²) in [5.41, 5.74) is 3.30. The van der Waals surface area contributed by atoms with Crippen molar-refractivity contribution < 1.29 is 14.7 Å². The Kier molecular flexibility index (Phi) is 7.30. The van der Waals surface area contributed by atoms with Gasteiger partial charge in [0.05, 0.1) is 17.4 Å². The normalized spacial score (nSPS) is 16.2. The smallest absolute Gasteiger partial charge is 0.353 e. The molecule has 6 heteroatoms. The average molecular weight is 454 g/mol. The monoisotopic (exact) mass is 453 g/mol. The lowest BCUT2D eigenvalue weighted by Crippen LogP contribution is -2.39. The quantitative estimate of drug-likeness (QED) is 0.382. The summed E-state index contributed by atoms with van der Waals surface area (Å²) in [5, 5.41) is 12.4. The van der Waals surface area contributed by atoms with Crippen molar-refractivity contribution in [1.82, 2.24) is 4.90 Å². The predicted octanol–water partition coefficient (Wildman–Crippen LogP) is 4.73. The predicted molar refractivity (Wildman–Crippen MR) is 134 cm³/mol. The van der Waals surface area contributed by atoms with Crippen LogP contribution in [0.25, 0.3) is 0 Å². The number of rotatable bonds is 8. The highest BCUT2D eigenvalue weighted by Gasteiger charge is 2.31. The van der Waals surface area contributed by atoms with Crippen LogP contribution in [0.2, 0.25) is 0 Å². The summed E-state index contributed by atoms with van der Waals surface area (Å²) in [4.78, 5) is 31.3. The summed E-state index contributed by atoms with van der Waals surface area (Å²) in [7, 11) is 0. The first-order valence-electron chi connectivity index (χ1n) is 11.3. The van der Waals surface area contributed by atoms with Crippen LogP contribution in [-0.2, 0) is 16.1 Å². The summed E-state index contributed by atoms with van der Waals surface area (Å²) in [6, 6.07) is 26.5. The highest BCUT2D eigenvalue weighted by atomic mass is 16.4.